The van der Waals surface area contributed by atoms with E-state index in [4.69, 9.17) is 0 Å². The van der Waals surface area contributed by atoms with Gasteiger partial charge in [0.15, 0.2) is 0 Å². The lowest BCUT2D eigenvalue weighted by Gasteiger charge is -2.18. The molecule has 0 spiro atoms. The smallest absolute Gasteiger partial charge is 0.263 e. The van der Waals surface area contributed by atoms with Crippen molar-refractivity contribution in [3.63, 3.8) is 0 Å². The molecule has 1 aromatic heterocycles. The Bertz CT molecular complexity index is 1220. The average molecular weight is 430 g/mol. The maximum atomic E-state index is 13.0. The number of nitrogens with one attached hydrogen (secondary N) is 1. The van der Waals surface area contributed by atoms with Gasteiger partial charge in [-0.1, -0.05) is 35.9 Å². The number of rotatable bonds is 5. The quantitative estimate of drug-likeness (QED) is 0.666. The average Bonchev–Trinajstić information content (AvgIpc) is 3.31. The van der Waals surface area contributed by atoms with Crippen LogP contribution in [-0.2, 0) is 6.54 Å². The minimum absolute atomic E-state index is 0.0173. The minimum Gasteiger partial charge on any atom is -0.339 e. The summed E-state index contributed by atoms with van der Waals surface area (Å²) < 4.78 is 1.53. The van der Waals surface area contributed by atoms with Crippen molar-refractivity contribution in [3.05, 3.63) is 99.0 Å². The van der Waals surface area contributed by atoms with E-state index in [-0.39, 0.29) is 17.0 Å². The van der Waals surface area contributed by atoms with Crippen molar-refractivity contribution in [2.24, 2.45) is 0 Å². The molecule has 0 aliphatic carbocycles. The number of aromatic nitrogens is 1. The number of nitrogens with zero attached hydrogens (tertiary/aromatic N) is 2. The van der Waals surface area contributed by atoms with E-state index in [1.807, 2.05) is 43.0 Å². The van der Waals surface area contributed by atoms with Gasteiger partial charge >= 0.3 is 0 Å². The topological polar surface area (TPSA) is 71.4 Å². The van der Waals surface area contributed by atoms with Gasteiger partial charge in [-0.3, -0.25) is 14.4 Å². The molecule has 164 valence electrons. The summed E-state index contributed by atoms with van der Waals surface area (Å²) in [5.74, 6) is -0.501. The molecular weight excluding hydrogens is 402 g/mol. The number of carbonyl (C=O) groups excluding carboxylic acids is 2. The Balaban J connectivity index is 1.56. The van der Waals surface area contributed by atoms with Gasteiger partial charge in [0, 0.05) is 30.5 Å². The van der Waals surface area contributed by atoms with E-state index in [0.717, 1.165) is 37.1 Å². The summed E-state index contributed by atoms with van der Waals surface area (Å²) in [6.45, 7) is 5.74. The molecule has 0 bridgehead atoms. The molecule has 6 heteroatoms. The Labute approximate surface area is 187 Å². The molecule has 6 nitrogen and oxygen atoms in total. The molecule has 0 radical (unpaired) electrons. The molecule has 0 saturated carbocycles. The Morgan fingerprint density at radius 3 is 2.41 bits per heavy atom. The number of carbonyl (C=O) groups is 2. The summed E-state index contributed by atoms with van der Waals surface area (Å²) in [5, 5.41) is 2.83. The minimum atomic E-state index is -0.484. The van der Waals surface area contributed by atoms with E-state index in [2.05, 4.69) is 5.32 Å². The van der Waals surface area contributed by atoms with E-state index in [1.54, 1.807) is 30.5 Å². The number of benzene rings is 2. The Hall–Kier alpha value is -3.67. The van der Waals surface area contributed by atoms with Crippen molar-refractivity contribution in [2.45, 2.75) is 33.2 Å². The van der Waals surface area contributed by atoms with Gasteiger partial charge in [0.05, 0.1) is 6.54 Å². The number of amides is 2. The first kappa shape index (κ1) is 21.6. The summed E-state index contributed by atoms with van der Waals surface area (Å²) in [6, 6.07) is 16.4. The number of anilines is 1. The third-order valence-electron chi connectivity index (χ3n) is 5.91. The highest BCUT2D eigenvalue weighted by Gasteiger charge is 2.22. The standard InChI is InChI=1S/C26H27N3O3/c1-18-8-5-9-20(16-18)17-29-15-7-11-22(26(29)32)24(30)27-23-12-6-10-21(19(23)2)25(31)28-13-3-4-14-28/h5-12,15-16H,3-4,13-14,17H2,1-2H3,(H,27,30). The molecule has 2 heterocycles. The number of aryl methyl sites for hydroxylation is 1. The largest absolute Gasteiger partial charge is 0.339 e. The van der Waals surface area contributed by atoms with Crippen LogP contribution in [0.5, 0.6) is 0 Å². The summed E-state index contributed by atoms with van der Waals surface area (Å²) >= 11 is 0. The molecule has 0 atom stereocenters. The molecule has 3 aromatic rings. The van der Waals surface area contributed by atoms with Gasteiger partial charge < -0.3 is 14.8 Å². The normalized spacial score (nSPS) is 13.2. The third-order valence-corrected chi connectivity index (χ3v) is 5.91. The first-order valence-electron chi connectivity index (χ1n) is 10.9. The first-order valence-corrected chi connectivity index (χ1v) is 10.9. The molecule has 1 N–H and O–H groups in total. The SMILES string of the molecule is Cc1cccc(Cn2cccc(C(=O)Nc3cccc(C(=O)N4CCCC4)c3C)c2=O)c1. The summed E-state index contributed by atoms with van der Waals surface area (Å²) in [4.78, 5) is 40.6. The molecule has 2 amide bonds. The first-order chi connectivity index (χ1) is 15.4. The number of likely N-dealkylation sites (tertiary alicyclic amines) is 1. The van der Waals surface area contributed by atoms with Crippen LogP contribution in [0.2, 0.25) is 0 Å². The van der Waals surface area contributed by atoms with Gasteiger partial charge in [0.1, 0.15) is 5.56 Å². The zero-order valence-electron chi connectivity index (χ0n) is 18.4. The fraction of sp³-hybridized carbons (Fsp3) is 0.269. The Kier molecular flexibility index (Phi) is 6.21. The molecular formula is C26H27N3O3. The van der Waals surface area contributed by atoms with Crippen LogP contribution < -0.4 is 10.9 Å². The van der Waals surface area contributed by atoms with E-state index in [1.165, 1.54) is 10.6 Å². The van der Waals surface area contributed by atoms with Crippen molar-refractivity contribution in [1.82, 2.24) is 9.47 Å². The van der Waals surface area contributed by atoms with E-state index < -0.39 is 5.91 Å². The number of hydrogen-bond donors (Lipinski definition) is 1. The van der Waals surface area contributed by atoms with Crippen molar-refractivity contribution in [1.29, 1.82) is 0 Å². The second-order valence-corrected chi connectivity index (χ2v) is 8.28. The fourth-order valence-electron chi connectivity index (χ4n) is 4.12. The van der Waals surface area contributed by atoms with Gasteiger partial charge in [0.25, 0.3) is 17.4 Å². The van der Waals surface area contributed by atoms with Crippen LogP contribution in [-0.4, -0.2) is 34.4 Å². The zero-order chi connectivity index (χ0) is 22.7. The second-order valence-electron chi connectivity index (χ2n) is 8.28. The van der Waals surface area contributed by atoms with Gasteiger partial charge in [-0.15, -0.1) is 0 Å². The van der Waals surface area contributed by atoms with Crippen LogP contribution >= 0.6 is 0 Å². The molecule has 1 aliphatic rings. The van der Waals surface area contributed by atoms with Crippen LogP contribution in [0.25, 0.3) is 0 Å². The van der Waals surface area contributed by atoms with Gasteiger partial charge in [0.2, 0.25) is 0 Å². The Morgan fingerprint density at radius 2 is 1.66 bits per heavy atom. The molecule has 2 aromatic carbocycles. The van der Waals surface area contributed by atoms with Gasteiger partial charge in [-0.25, -0.2) is 0 Å². The number of hydrogen-bond acceptors (Lipinski definition) is 3. The maximum Gasteiger partial charge on any atom is 0.263 e. The van der Waals surface area contributed by atoms with E-state index in [0.29, 0.717) is 23.4 Å². The molecule has 1 fully saturated rings. The van der Waals surface area contributed by atoms with Gasteiger partial charge in [-0.05, 0) is 62.1 Å². The molecule has 0 unspecified atom stereocenters. The lowest BCUT2D eigenvalue weighted by atomic mass is 10.0. The summed E-state index contributed by atoms with van der Waals surface area (Å²) in [7, 11) is 0. The highest BCUT2D eigenvalue weighted by Crippen LogP contribution is 2.22. The predicted octanol–water partition coefficient (Wildman–Crippen LogP) is 4.00. The van der Waals surface area contributed by atoms with Crippen LogP contribution in [0.15, 0.2) is 65.6 Å². The van der Waals surface area contributed by atoms with Crippen LogP contribution in [0.3, 0.4) is 0 Å². The van der Waals surface area contributed by atoms with Gasteiger partial charge in [-0.2, -0.15) is 0 Å². The Morgan fingerprint density at radius 1 is 0.938 bits per heavy atom. The molecule has 1 saturated heterocycles. The monoisotopic (exact) mass is 429 g/mol. The predicted molar refractivity (Wildman–Crippen MR) is 125 cm³/mol. The van der Waals surface area contributed by atoms with Crippen molar-refractivity contribution >= 4 is 17.5 Å². The molecule has 1 aliphatic heterocycles. The summed E-state index contributed by atoms with van der Waals surface area (Å²) in [5.41, 5.74) is 3.64. The zero-order valence-corrected chi connectivity index (χ0v) is 18.4. The number of pyridine rings is 1. The van der Waals surface area contributed by atoms with Crippen LogP contribution in [0.1, 0.15) is 50.2 Å². The highest BCUT2D eigenvalue weighted by atomic mass is 16.2. The fourth-order valence-corrected chi connectivity index (χ4v) is 4.12. The van der Waals surface area contributed by atoms with Crippen molar-refractivity contribution < 1.29 is 9.59 Å². The third kappa shape index (κ3) is 4.49. The second kappa shape index (κ2) is 9.22. The lowest BCUT2D eigenvalue weighted by molar-refractivity contribution is 0.0791. The summed E-state index contributed by atoms with van der Waals surface area (Å²) in [6.07, 6.45) is 3.72. The van der Waals surface area contributed by atoms with E-state index >= 15 is 0 Å². The highest BCUT2D eigenvalue weighted by molar-refractivity contribution is 6.05. The van der Waals surface area contributed by atoms with E-state index in [9.17, 15) is 14.4 Å². The molecule has 32 heavy (non-hydrogen) atoms. The van der Waals surface area contributed by atoms with Crippen molar-refractivity contribution in [2.75, 3.05) is 18.4 Å². The molecule has 4 rings (SSSR count). The van der Waals surface area contributed by atoms with Crippen LogP contribution in [0, 0.1) is 13.8 Å². The van der Waals surface area contributed by atoms with Crippen LogP contribution in [0.4, 0.5) is 5.69 Å². The maximum absolute atomic E-state index is 13.0. The van der Waals surface area contributed by atoms with Crippen molar-refractivity contribution in [3.8, 4) is 0 Å². The lowest BCUT2D eigenvalue weighted by Crippen LogP contribution is -2.30.